The number of aromatic nitrogens is 2. The first-order valence-corrected chi connectivity index (χ1v) is 6.12. The Bertz CT molecular complexity index is 604. The molecule has 7 nitrogen and oxygen atoms in total. The monoisotopic (exact) mass is 305 g/mol. The maximum Gasteiger partial charge on any atom is 0.441 e. The Morgan fingerprint density at radius 1 is 1.48 bits per heavy atom. The Morgan fingerprint density at radius 2 is 2.10 bits per heavy atom. The zero-order chi connectivity index (χ0) is 16.2. The number of hydrogen-bond donors (Lipinski definition) is 1. The zero-order valence-electron chi connectivity index (χ0n) is 12.0. The van der Waals surface area contributed by atoms with Crippen molar-refractivity contribution < 1.29 is 22.8 Å². The topological polar surface area (TPSA) is 100 Å². The SMILES string of the molecule is COC(=O)[C@](C)(N)CC/C(F)=C(/F)Cn1c(C)noc1=O. The molecule has 1 aromatic heterocycles. The van der Waals surface area contributed by atoms with Crippen LogP contribution < -0.4 is 11.5 Å². The Labute approximate surface area is 119 Å². The van der Waals surface area contributed by atoms with E-state index >= 15 is 0 Å². The molecule has 1 aromatic rings. The fraction of sp³-hybridized carbons (Fsp3) is 0.583. The normalized spacial score (nSPS) is 15.3. The minimum absolute atomic E-state index is 0.126. The zero-order valence-corrected chi connectivity index (χ0v) is 12.0. The van der Waals surface area contributed by atoms with Crippen molar-refractivity contribution in [2.24, 2.45) is 5.73 Å². The van der Waals surface area contributed by atoms with Crippen molar-refractivity contribution in [3.63, 3.8) is 0 Å². The fourth-order valence-electron chi connectivity index (χ4n) is 1.58. The summed E-state index contributed by atoms with van der Waals surface area (Å²) in [5, 5.41) is 3.33. The molecule has 0 fully saturated rings. The first-order valence-electron chi connectivity index (χ1n) is 6.12. The molecule has 9 heteroatoms. The van der Waals surface area contributed by atoms with Crippen LogP contribution in [0.3, 0.4) is 0 Å². The molecule has 0 unspecified atom stereocenters. The molecule has 0 aliphatic heterocycles. The van der Waals surface area contributed by atoms with Crippen LogP contribution in [0.5, 0.6) is 0 Å². The minimum Gasteiger partial charge on any atom is -0.468 e. The van der Waals surface area contributed by atoms with E-state index in [0.717, 1.165) is 11.7 Å². The number of hydrogen-bond acceptors (Lipinski definition) is 6. The van der Waals surface area contributed by atoms with Crippen molar-refractivity contribution in [3.05, 3.63) is 28.0 Å². The molecule has 0 radical (unpaired) electrons. The number of nitrogens with zero attached hydrogens (tertiary/aromatic N) is 2. The van der Waals surface area contributed by atoms with E-state index in [-0.39, 0.29) is 12.2 Å². The Hall–Kier alpha value is -2.03. The largest absolute Gasteiger partial charge is 0.468 e. The lowest BCUT2D eigenvalue weighted by Gasteiger charge is -2.20. The van der Waals surface area contributed by atoms with Crippen LogP contribution in [0.1, 0.15) is 25.6 Å². The van der Waals surface area contributed by atoms with Crippen LogP contribution in [-0.2, 0) is 16.1 Å². The summed E-state index contributed by atoms with van der Waals surface area (Å²) in [4.78, 5) is 22.5. The van der Waals surface area contributed by atoms with E-state index in [2.05, 4.69) is 14.4 Å². The molecule has 0 aliphatic rings. The van der Waals surface area contributed by atoms with E-state index in [1.54, 1.807) is 0 Å². The molecule has 1 rings (SSSR count). The predicted molar refractivity (Wildman–Crippen MR) is 68.6 cm³/mol. The van der Waals surface area contributed by atoms with Gasteiger partial charge in [-0.05, 0) is 20.3 Å². The smallest absolute Gasteiger partial charge is 0.441 e. The number of halogens is 2. The van der Waals surface area contributed by atoms with Crippen molar-refractivity contribution in [3.8, 4) is 0 Å². The highest BCUT2D eigenvalue weighted by molar-refractivity contribution is 5.79. The summed E-state index contributed by atoms with van der Waals surface area (Å²) in [6.45, 7) is 2.16. The number of ether oxygens (including phenoxy) is 1. The first-order chi connectivity index (χ1) is 9.69. The lowest BCUT2D eigenvalue weighted by Crippen LogP contribution is -2.45. The number of allylic oxidation sites excluding steroid dienone is 2. The maximum atomic E-state index is 13.7. The van der Waals surface area contributed by atoms with E-state index in [9.17, 15) is 18.4 Å². The molecule has 0 aliphatic carbocycles. The summed E-state index contributed by atoms with van der Waals surface area (Å²) in [7, 11) is 1.15. The first kappa shape index (κ1) is 17.0. The summed E-state index contributed by atoms with van der Waals surface area (Å²) >= 11 is 0. The van der Waals surface area contributed by atoms with Crippen molar-refractivity contribution in [1.29, 1.82) is 0 Å². The van der Waals surface area contributed by atoms with Crippen molar-refractivity contribution in [1.82, 2.24) is 9.72 Å². The highest BCUT2D eigenvalue weighted by Crippen LogP contribution is 2.20. The van der Waals surface area contributed by atoms with Crippen LogP contribution in [-0.4, -0.2) is 28.3 Å². The molecule has 2 N–H and O–H groups in total. The predicted octanol–water partition coefficient (Wildman–Crippen LogP) is 0.966. The lowest BCUT2D eigenvalue weighted by atomic mass is 9.97. The molecule has 0 bridgehead atoms. The van der Waals surface area contributed by atoms with E-state index in [4.69, 9.17) is 5.73 Å². The average molecular weight is 305 g/mol. The van der Waals surface area contributed by atoms with Gasteiger partial charge < -0.3 is 10.5 Å². The van der Waals surface area contributed by atoms with Gasteiger partial charge in [0.1, 0.15) is 11.4 Å². The highest BCUT2D eigenvalue weighted by atomic mass is 19.2. The summed E-state index contributed by atoms with van der Waals surface area (Å²) in [6, 6.07) is 0. The van der Waals surface area contributed by atoms with Gasteiger partial charge in [0.15, 0.2) is 11.7 Å². The highest BCUT2D eigenvalue weighted by Gasteiger charge is 2.29. The molecule has 1 heterocycles. The molecule has 0 saturated heterocycles. The summed E-state index contributed by atoms with van der Waals surface area (Å²) in [6.07, 6.45) is -0.538. The second kappa shape index (κ2) is 6.61. The van der Waals surface area contributed by atoms with Gasteiger partial charge in [-0.1, -0.05) is 5.16 Å². The number of carbonyl (C=O) groups excluding carboxylic acids is 1. The standard InChI is InChI=1S/C12H17F2N3O4/c1-7-16-21-11(19)17(7)6-9(14)8(13)4-5-12(2,15)10(18)20-3/h4-6,15H2,1-3H3/b9-8-/t12-/m1/s1. The molecule has 118 valence electrons. The van der Waals surface area contributed by atoms with Crippen molar-refractivity contribution in [2.45, 2.75) is 38.8 Å². The van der Waals surface area contributed by atoms with Crippen LogP contribution in [0, 0.1) is 6.92 Å². The molecule has 0 amide bonds. The van der Waals surface area contributed by atoms with Gasteiger partial charge >= 0.3 is 11.7 Å². The van der Waals surface area contributed by atoms with Gasteiger partial charge in [-0.15, -0.1) is 0 Å². The number of methoxy groups -OCH3 is 1. The summed E-state index contributed by atoms with van der Waals surface area (Å²) < 4.78 is 37.0. The summed E-state index contributed by atoms with van der Waals surface area (Å²) in [5.74, 6) is -3.72. The average Bonchev–Trinajstić information content (AvgIpc) is 2.75. The molecule has 1 atom stereocenters. The third kappa shape index (κ3) is 4.22. The van der Waals surface area contributed by atoms with Gasteiger partial charge in [-0.25, -0.2) is 13.6 Å². The Balaban J connectivity index is 2.75. The van der Waals surface area contributed by atoms with Crippen LogP contribution in [0.25, 0.3) is 0 Å². The number of esters is 1. The molecule has 0 spiro atoms. The molecule has 0 aromatic carbocycles. The quantitative estimate of drug-likeness (QED) is 0.786. The molecular weight excluding hydrogens is 288 g/mol. The minimum atomic E-state index is -1.42. The molecule has 21 heavy (non-hydrogen) atoms. The van der Waals surface area contributed by atoms with E-state index < -0.39 is 41.9 Å². The molecular formula is C12H17F2N3O4. The Morgan fingerprint density at radius 3 is 2.57 bits per heavy atom. The third-order valence-electron chi connectivity index (χ3n) is 2.97. The summed E-state index contributed by atoms with van der Waals surface area (Å²) in [5.41, 5.74) is 4.22. The van der Waals surface area contributed by atoms with Crippen LogP contribution in [0.15, 0.2) is 21.0 Å². The van der Waals surface area contributed by atoms with Gasteiger partial charge in [0.05, 0.1) is 13.7 Å². The van der Waals surface area contributed by atoms with Gasteiger partial charge in [0.2, 0.25) is 0 Å². The Kier molecular flexibility index (Phi) is 5.36. The number of aryl methyl sites for hydroxylation is 1. The second-order valence-electron chi connectivity index (χ2n) is 4.80. The number of nitrogens with two attached hydrogens (primary N) is 1. The lowest BCUT2D eigenvalue weighted by molar-refractivity contribution is -0.146. The van der Waals surface area contributed by atoms with Gasteiger partial charge in [-0.3, -0.25) is 13.9 Å². The van der Waals surface area contributed by atoms with Crippen LogP contribution >= 0.6 is 0 Å². The van der Waals surface area contributed by atoms with Gasteiger partial charge in [0.25, 0.3) is 0 Å². The fourth-order valence-corrected chi connectivity index (χ4v) is 1.58. The van der Waals surface area contributed by atoms with E-state index in [1.165, 1.54) is 13.8 Å². The molecule has 0 saturated carbocycles. The van der Waals surface area contributed by atoms with E-state index in [0.29, 0.717) is 0 Å². The van der Waals surface area contributed by atoms with Gasteiger partial charge in [-0.2, -0.15) is 0 Å². The van der Waals surface area contributed by atoms with Crippen LogP contribution in [0.4, 0.5) is 8.78 Å². The van der Waals surface area contributed by atoms with Gasteiger partial charge in [0, 0.05) is 6.42 Å². The second-order valence-corrected chi connectivity index (χ2v) is 4.80. The number of rotatable bonds is 6. The maximum absolute atomic E-state index is 13.7. The van der Waals surface area contributed by atoms with Crippen LogP contribution in [0.2, 0.25) is 0 Å². The van der Waals surface area contributed by atoms with Crippen molar-refractivity contribution in [2.75, 3.05) is 7.11 Å². The third-order valence-corrected chi connectivity index (χ3v) is 2.97. The van der Waals surface area contributed by atoms with Crippen molar-refractivity contribution >= 4 is 5.97 Å². The van der Waals surface area contributed by atoms with E-state index in [1.807, 2.05) is 0 Å². The number of carbonyl (C=O) groups is 1.